The number of ether oxygens (including phenoxy) is 1. The van der Waals surface area contributed by atoms with Gasteiger partial charge in [-0.3, -0.25) is 4.79 Å². The highest BCUT2D eigenvalue weighted by molar-refractivity contribution is 6.30. The highest BCUT2D eigenvalue weighted by atomic mass is 35.5. The van der Waals surface area contributed by atoms with Crippen LogP contribution in [0.1, 0.15) is 32.1 Å². The number of aromatic nitrogens is 1. The van der Waals surface area contributed by atoms with E-state index in [4.69, 9.17) is 20.9 Å². The third-order valence-corrected chi connectivity index (χ3v) is 3.30. The Kier molecular flexibility index (Phi) is 4.76. The minimum absolute atomic E-state index is 0.112. The Balaban J connectivity index is 1.95. The lowest BCUT2D eigenvalue weighted by Gasteiger charge is -2.14. The van der Waals surface area contributed by atoms with E-state index in [0.29, 0.717) is 16.6 Å². The summed E-state index contributed by atoms with van der Waals surface area (Å²) >= 11 is 5.78. The molecule has 0 fully saturated rings. The second-order valence-electron chi connectivity index (χ2n) is 6.03. The van der Waals surface area contributed by atoms with Crippen molar-refractivity contribution in [3.63, 3.8) is 0 Å². The number of amides is 1. The van der Waals surface area contributed by atoms with E-state index < -0.39 is 0 Å². The number of hydrogen-bond acceptors (Lipinski definition) is 4. The molecule has 0 aliphatic rings. The molecule has 2 rings (SSSR count). The van der Waals surface area contributed by atoms with E-state index in [9.17, 15) is 4.79 Å². The predicted molar refractivity (Wildman–Crippen MR) is 85.5 cm³/mol. The molecule has 6 heteroatoms. The Morgan fingerprint density at radius 2 is 1.95 bits per heavy atom. The Hall–Kier alpha value is -2.01. The number of hydrogen-bond donors (Lipinski definition) is 1. The first-order chi connectivity index (χ1) is 10.3. The van der Waals surface area contributed by atoms with Crippen LogP contribution in [0.15, 0.2) is 28.8 Å². The molecule has 0 saturated carbocycles. The predicted octanol–water partition coefficient (Wildman–Crippen LogP) is 3.95. The van der Waals surface area contributed by atoms with E-state index in [1.807, 2.05) is 27.7 Å². The van der Waals surface area contributed by atoms with Crippen molar-refractivity contribution in [1.29, 1.82) is 0 Å². The fourth-order valence-corrected chi connectivity index (χ4v) is 2.13. The standard InChI is InChI=1S/C16H19ClN2O3/c1-10-14(16(2,3)4)22-19-15(10)18-13(20)9-21-12-7-5-11(17)6-8-12/h5-8H,9H2,1-4H3,(H,18,19,20). The molecule has 0 radical (unpaired) electrons. The van der Waals surface area contributed by atoms with Gasteiger partial charge in [0, 0.05) is 16.0 Å². The van der Waals surface area contributed by atoms with Gasteiger partial charge in [-0.2, -0.15) is 0 Å². The lowest BCUT2D eigenvalue weighted by molar-refractivity contribution is -0.118. The molecule has 1 amide bonds. The summed E-state index contributed by atoms with van der Waals surface area (Å²) in [6.07, 6.45) is 0. The first-order valence-electron chi connectivity index (χ1n) is 6.92. The summed E-state index contributed by atoms with van der Waals surface area (Å²) in [5.41, 5.74) is 0.659. The van der Waals surface area contributed by atoms with Crippen molar-refractivity contribution in [3.8, 4) is 5.75 Å². The average Bonchev–Trinajstić information content (AvgIpc) is 2.79. The molecular formula is C16H19ClN2O3. The van der Waals surface area contributed by atoms with Gasteiger partial charge in [-0.25, -0.2) is 0 Å². The van der Waals surface area contributed by atoms with Gasteiger partial charge in [0.2, 0.25) is 0 Å². The summed E-state index contributed by atoms with van der Waals surface area (Å²) in [6.45, 7) is 7.83. The highest BCUT2D eigenvalue weighted by Crippen LogP contribution is 2.29. The molecule has 0 aliphatic carbocycles. The number of carbonyl (C=O) groups is 1. The van der Waals surface area contributed by atoms with Crippen molar-refractivity contribution in [2.75, 3.05) is 11.9 Å². The molecule has 0 atom stereocenters. The zero-order valence-electron chi connectivity index (χ0n) is 13.1. The first kappa shape index (κ1) is 16.4. The molecular weight excluding hydrogens is 304 g/mol. The Labute approximate surface area is 134 Å². The fourth-order valence-electron chi connectivity index (χ4n) is 2.00. The molecule has 118 valence electrons. The third-order valence-electron chi connectivity index (χ3n) is 3.05. The summed E-state index contributed by atoms with van der Waals surface area (Å²) < 4.78 is 10.7. The second-order valence-corrected chi connectivity index (χ2v) is 6.46. The van der Waals surface area contributed by atoms with Gasteiger partial charge in [0.25, 0.3) is 5.91 Å². The van der Waals surface area contributed by atoms with Crippen molar-refractivity contribution in [2.24, 2.45) is 0 Å². The number of benzene rings is 1. The maximum atomic E-state index is 11.9. The van der Waals surface area contributed by atoms with Gasteiger partial charge < -0.3 is 14.6 Å². The van der Waals surface area contributed by atoms with Gasteiger partial charge in [0.1, 0.15) is 11.5 Å². The Bertz CT molecular complexity index is 657. The molecule has 0 unspecified atom stereocenters. The summed E-state index contributed by atoms with van der Waals surface area (Å²) in [5, 5.41) is 7.21. The monoisotopic (exact) mass is 322 g/mol. The van der Waals surface area contributed by atoms with Gasteiger partial charge >= 0.3 is 0 Å². The van der Waals surface area contributed by atoms with E-state index in [1.54, 1.807) is 24.3 Å². The van der Waals surface area contributed by atoms with Gasteiger partial charge in [0.05, 0.1) is 0 Å². The molecule has 0 saturated heterocycles. The van der Waals surface area contributed by atoms with Crippen LogP contribution in [-0.2, 0) is 10.2 Å². The largest absolute Gasteiger partial charge is 0.484 e. The molecule has 5 nitrogen and oxygen atoms in total. The number of anilines is 1. The molecule has 0 spiro atoms. The van der Waals surface area contributed by atoms with Crippen molar-refractivity contribution in [3.05, 3.63) is 40.6 Å². The molecule has 0 bridgehead atoms. The summed E-state index contributed by atoms with van der Waals surface area (Å²) in [7, 11) is 0. The van der Waals surface area contributed by atoms with Crippen LogP contribution in [0, 0.1) is 6.92 Å². The number of nitrogens with zero attached hydrogens (tertiary/aromatic N) is 1. The lowest BCUT2D eigenvalue weighted by atomic mass is 9.91. The SMILES string of the molecule is Cc1c(NC(=O)COc2ccc(Cl)cc2)noc1C(C)(C)C. The van der Waals surface area contributed by atoms with E-state index in [2.05, 4.69) is 10.5 Å². The number of nitrogens with one attached hydrogen (secondary N) is 1. The van der Waals surface area contributed by atoms with Crippen molar-refractivity contribution >= 4 is 23.3 Å². The van der Waals surface area contributed by atoms with E-state index in [1.165, 1.54) is 0 Å². The summed E-state index contributed by atoms with van der Waals surface area (Å²) in [6, 6.07) is 6.81. The second kappa shape index (κ2) is 6.40. The Morgan fingerprint density at radius 1 is 1.32 bits per heavy atom. The van der Waals surface area contributed by atoms with E-state index >= 15 is 0 Å². The topological polar surface area (TPSA) is 64.4 Å². The minimum Gasteiger partial charge on any atom is -0.484 e. The number of carbonyl (C=O) groups excluding carboxylic acids is 1. The lowest BCUT2D eigenvalue weighted by Crippen LogP contribution is -2.21. The van der Waals surface area contributed by atoms with Gasteiger partial charge in [-0.1, -0.05) is 37.5 Å². The van der Waals surface area contributed by atoms with Crippen LogP contribution in [0.3, 0.4) is 0 Å². The van der Waals surface area contributed by atoms with Crippen LogP contribution < -0.4 is 10.1 Å². The maximum Gasteiger partial charge on any atom is 0.263 e. The molecule has 1 heterocycles. The van der Waals surface area contributed by atoms with Crippen LogP contribution in [-0.4, -0.2) is 17.7 Å². The van der Waals surface area contributed by atoms with E-state index in [-0.39, 0.29) is 17.9 Å². The van der Waals surface area contributed by atoms with Crippen LogP contribution >= 0.6 is 11.6 Å². The summed E-state index contributed by atoms with van der Waals surface area (Å²) in [5.74, 6) is 1.45. The zero-order valence-corrected chi connectivity index (χ0v) is 13.8. The maximum absolute atomic E-state index is 11.9. The fraction of sp³-hybridized carbons (Fsp3) is 0.375. The first-order valence-corrected chi connectivity index (χ1v) is 7.30. The van der Waals surface area contributed by atoms with Crippen molar-refractivity contribution in [2.45, 2.75) is 33.1 Å². The van der Waals surface area contributed by atoms with Crippen LogP contribution in [0.5, 0.6) is 5.75 Å². The van der Waals surface area contributed by atoms with Crippen LogP contribution in [0.25, 0.3) is 0 Å². The number of rotatable bonds is 4. The van der Waals surface area contributed by atoms with Crippen LogP contribution in [0.2, 0.25) is 5.02 Å². The van der Waals surface area contributed by atoms with Crippen molar-refractivity contribution in [1.82, 2.24) is 5.16 Å². The molecule has 1 aromatic heterocycles. The average molecular weight is 323 g/mol. The molecule has 1 aromatic carbocycles. The normalized spacial score (nSPS) is 11.3. The third kappa shape index (κ3) is 4.01. The highest BCUT2D eigenvalue weighted by Gasteiger charge is 2.24. The zero-order chi connectivity index (χ0) is 16.3. The van der Waals surface area contributed by atoms with Gasteiger partial charge in [-0.05, 0) is 31.2 Å². The Morgan fingerprint density at radius 3 is 2.50 bits per heavy atom. The van der Waals surface area contributed by atoms with E-state index in [0.717, 1.165) is 11.3 Å². The minimum atomic E-state index is -0.299. The number of halogens is 1. The molecule has 1 N–H and O–H groups in total. The summed E-state index contributed by atoms with van der Waals surface area (Å²) in [4.78, 5) is 11.9. The van der Waals surface area contributed by atoms with Gasteiger partial charge in [0.15, 0.2) is 12.4 Å². The van der Waals surface area contributed by atoms with Gasteiger partial charge in [-0.15, -0.1) is 0 Å². The molecule has 22 heavy (non-hydrogen) atoms. The van der Waals surface area contributed by atoms with Crippen molar-refractivity contribution < 1.29 is 14.1 Å². The molecule has 2 aromatic rings. The smallest absolute Gasteiger partial charge is 0.263 e. The molecule has 0 aliphatic heterocycles. The van der Waals surface area contributed by atoms with Crippen LogP contribution in [0.4, 0.5) is 5.82 Å². The quantitative estimate of drug-likeness (QED) is 0.925.